The van der Waals surface area contributed by atoms with Crippen LogP contribution in [0.3, 0.4) is 0 Å². The van der Waals surface area contributed by atoms with Crippen molar-refractivity contribution in [2.24, 2.45) is 4.99 Å². The van der Waals surface area contributed by atoms with Gasteiger partial charge in [0, 0.05) is 11.4 Å². The van der Waals surface area contributed by atoms with Crippen LogP contribution in [-0.2, 0) is 20.9 Å². The molecule has 0 bridgehead atoms. The number of carbonyl (C=O) groups is 2. The number of halogens is 2. The SMILES string of the molecule is CCOC(=O)C1=C(O)/C(=C/c2cc(I)c(OCc3ccc(Cl)cc3)c(OCC)c2)SC1=NC(=O)CC. The van der Waals surface area contributed by atoms with Crippen molar-refractivity contribution in [2.75, 3.05) is 13.2 Å². The molecule has 3 rings (SSSR count). The summed E-state index contributed by atoms with van der Waals surface area (Å²) in [6.07, 6.45) is 1.87. The number of thioether (sulfide) groups is 1. The lowest BCUT2D eigenvalue weighted by molar-refractivity contribution is -0.138. The second kappa shape index (κ2) is 13.2. The zero-order valence-corrected chi connectivity index (χ0v) is 23.7. The van der Waals surface area contributed by atoms with Gasteiger partial charge in [0.15, 0.2) is 11.5 Å². The molecular formula is C26H25ClINO6S. The molecule has 2 aromatic rings. The van der Waals surface area contributed by atoms with Crippen LogP contribution in [0.15, 0.2) is 57.6 Å². The minimum absolute atomic E-state index is 0.113. The number of amides is 1. The van der Waals surface area contributed by atoms with E-state index in [0.717, 1.165) is 20.9 Å². The number of rotatable bonds is 9. The van der Waals surface area contributed by atoms with Crippen molar-refractivity contribution in [3.8, 4) is 11.5 Å². The minimum Gasteiger partial charge on any atom is -0.506 e. The predicted molar refractivity (Wildman–Crippen MR) is 151 cm³/mol. The molecule has 0 aliphatic carbocycles. The number of aliphatic hydroxyl groups is 1. The van der Waals surface area contributed by atoms with E-state index in [0.29, 0.717) is 40.2 Å². The van der Waals surface area contributed by atoms with Crippen LogP contribution in [-0.4, -0.2) is 35.2 Å². The van der Waals surface area contributed by atoms with E-state index in [-0.39, 0.29) is 29.4 Å². The third-order valence-electron chi connectivity index (χ3n) is 4.82. The topological polar surface area (TPSA) is 94.4 Å². The smallest absolute Gasteiger partial charge is 0.344 e. The molecule has 0 saturated carbocycles. The van der Waals surface area contributed by atoms with Crippen molar-refractivity contribution in [2.45, 2.75) is 33.8 Å². The second-order valence-corrected chi connectivity index (χ2v) is 10.0. The van der Waals surface area contributed by atoms with Crippen LogP contribution in [0.5, 0.6) is 11.5 Å². The molecule has 1 N–H and O–H groups in total. The Labute approximate surface area is 232 Å². The molecule has 1 heterocycles. The van der Waals surface area contributed by atoms with Gasteiger partial charge in [-0.05, 0) is 77.9 Å². The highest BCUT2D eigenvalue weighted by Gasteiger charge is 2.33. The van der Waals surface area contributed by atoms with Crippen LogP contribution < -0.4 is 9.47 Å². The van der Waals surface area contributed by atoms with Gasteiger partial charge in [0.05, 0.1) is 21.7 Å². The monoisotopic (exact) mass is 641 g/mol. The third-order valence-corrected chi connectivity index (χ3v) is 6.90. The summed E-state index contributed by atoms with van der Waals surface area (Å²) >= 11 is 9.16. The van der Waals surface area contributed by atoms with Gasteiger partial charge < -0.3 is 19.3 Å². The largest absolute Gasteiger partial charge is 0.506 e. The van der Waals surface area contributed by atoms with Gasteiger partial charge in [0.2, 0.25) is 5.91 Å². The average molecular weight is 642 g/mol. The molecule has 0 saturated heterocycles. The van der Waals surface area contributed by atoms with Gasteiger partial charge in [-0.15, -0.1) is 0 Å². The van der Waals surface area contributed by atoms with Gasteiger partial charge in [-0.2, -0.15) is 0 Å². The zero-order chi connectivity index (χ0) is 26.2. The molecule has 0 atom stereocenters. The molecule has 190 valence electrons. The van der Waals surface area contributed by atoms with Crippen molar-refractivity contribution in [1.82, 2.24) is 0 Å². The van der Waals surface area contributed by atoms with Gasteiger partial charge in [-0.3, -0.25) is 4.79 Å². The van der Waals surface area contributed by atoms with Crippen molar-refractivity contribution in [1.29, 1.82) is 0 Å². The minimum atomic E-state index is -0.732. The van der Waals surface area contributed by atoms with E-state index in [1.807, 2.05) is 25.1 Å². The standard InChI is InChI=1S/C26H25ClINO6S/c1-4-21(30)29-25-22(26(32)34-6-3)23(31)20(36-25)13-16-11-18(28)24(19(12-16)33-5-2)35-14-15-7-9-17(27)10-8-15/h7-13,31H,4-6,14H2,1-3H3/b20-13-,29-25?. The van der Waals surface area contributed by atoms with E-state index < -0.39 is 11.9 Å². The Morgan fingerprint density at radius 2 is 1.83 bits per heavy atom. The van der Waals surface area contributed by atoms with Crippen LogP contribution in [0.25, 0.3) is 6.08 Å². The summed E-state index contributed by atoms with van der Waals surface area (Å²) in [4.78, 5) is 28.7. The van der Waals surface area contributed by atoms with E-state index in [2.05, 4.69) is 27.6 Å². The maximum absolute atomic E-state index is 12.5. The molecule has 1 aliphatic rings. The highest BCUT2D eigenvalue weighted by molar-refractivity contribution is 14.1. The lowest BCUT2D eigenvalue weighted by Gasteiger charge is -2.15. The van der Waals surface area contributed by atoms with Crippen molar-refractivity contribution >= 4 is 68.9 Å². The third kappa shape index (κ3) is 7.04. The van der Waals surface area contributed by atoms with E-state index in [4.69, 9.17) is 25.8 Å². The van der Waals surface area contributed by atoms with E-state index in [1.54, 1.807) is 38.1 Å². The normalized spacial score (nSPS) is 15.5. The quantitative estimate of drug-likeness (QED) is 0.240. The highest BCUT2D eigenvalue weighted by atomic mass is 127. The van der Waals surface area contributed by atoms with E-state index in [1.165, 1.54) is 0 Å². The van der Waals surface area contributed by atoms with E-state index >= 15 is 0 Å². The van der Waals surface area contributed by atoms with Crippen molar-refractivity contribution in [3.63, 3.8) is 0 Å². The average Bonchev–Trinajstić information content (AvgIpc) is 3.14. The highest BCUT2D eigenvalue weighted by Crippen LogP contribution is 2.41. The number of benzene rings is 2. The first-order valence-corrected chi connectivity index (χ1v) is 13.5. The van der Waals surface area contributed by atoms with Gasteiger partial charge in [-0.25, -0.2) is 9.79 Å². The first-order chi connectivity index (χ1) is 17.3. The van der Waals surface area contributed by atoms with Crippen molar-refractivity contribution < 1.29 is 28.9 Å². The number of ether oxygens (including phenoxy) is 3. The summed E-state index contributed by atoms with van der Waals surface area (Å²) in [6.45, 7) is 6.10. The summed E-state index contributed by atoms with van der Waals surface area (Å²) in [5, 5.41) is 11.6. The van der Waals surface area contributed by atoms with Crippen LogP contribution in [0.1, 0.15) is 38.3 Å². The first kappa shape index (κ1) is 28.1. The molecule has 0 fully saturated rings. The fraction of sp³-hybridized carbons (Fsp3) is 0.269. The number of hydrogen-bond acceptors (Lipinski definition) is 7. The molecule has 1 aliphatic heterocycles. The van der Waals surface area contributed by atoms with Gasteiger partial charge in [0.1, 0.15) is 23.0 Å². The number of aliphatic hydroxyl groups excluding tert-OH is 1. The number of esters is 1. The summed E-state index contributed by atoms with van der Waals surface area (Å²) in [7, 11) is 0. The van der Waals surface area contributed by atoms with Gasteiger partial charge in [0.25, 0.3) is 0 Å². The fourth-order valence-electron chi connectivity index (χ4n) is 3.15. The summed E-state index contributed by atoms with van der Waals surface area (Å²) in [6, 6.07) is 11.1. The molecule has 0 aromatic heterocycles. The molecular weight excluding hydrogens is 617 g/mol. The molecule has 0 radical (unpaired) electrons. The van der Waals surface area contributed by atoms with E-state index in [9.17, 15) is 14.7 Å². The summed E-state index contributed by atoms with van der Waals surface area (Å²) in [5.74, 6) is -0.279. The molecule has 7 nitrogen and oxygen atoms in total. The van der Waals surface area contributed by atoms with Gasteiger partial charge in [-0.1, -0.05) is 42.4 Å². The predicted octanol–water partition coefficient (Wildman–Crippen LogP) is 6.72. The number of nitrogens with zero attached hydrogens (tertiary/aromatic N) is 1. The number of hydrogen-bond donors (Lipinski definition) is 1. The Balaban J connectivity index is 1.96. The summed E-state index contributed by atoms with van der Waals surface area (Å²) in [5.41, 5.74) is 1.56. The Morgan fingerprint density at radius 1 is 1.11 bits per heavy atom. The Hall–Kier alpha value is -2.50. The Bertz CT molecular complexity index is 1240. The van der Waals surface area contributed by atoms with Crippen LogP contribution >= 0.6 is 46.0 Å². The molecule has 0 unspecified atom stereocenters. The molecule has 2 aromatic carbocycles. The maximum atomic E-state index is 12.5. The summed E-state index contributed by atoms with van der Waals surface area (Å²) < 4.78 is 17.8. The van der Waals surface area contributed by atoms with Gasteiger partial charge >= 0.3 is 5.97 Å². The molecule has 0 spiro atoms. The van der Waals surface area contributed by atoms with Crippen LogP contribution in [0, 0.1) is 3.57 Å². The number of carbonyl (C=O) groups excluding carboxylic acids is 2. The first-order valence-electron chi connectivity index (χ1n) is 11.2. The lowest BCUT2D eigenvalue weighted by atomic mass is 10.1. The zero-order valence-electron chi connectivity index (χ0n) is 20.0. The maximum Gasteiger partial charge on any atom is 0.344 e. The lowest BCUT2D eigenvalue weighted by Crippen LogP contribution is -2.14. The van der Waals surface area contributed by atoms with Crippen LogP contribution in [0.4, 0.5) is 0 Å². The van der Waals surface area contributed by atoms with Crippen LogP contribution in [0.2, 0.25) is 5.02 Å². The molecule has 1 amide bonds. The molecule has 36 heavy (non-hydrogen) atoms. The van der Waals surface area contributed by atoms with Crippen molar-refractivity contribution in [3.05, 3.63) is 72.4 Å². The molecule has 10 heteroatoms. The number of aliphatic imine (C=N–C) groups is 1. The fourth-order valence-corrected chi connectivity index (χ4v) is 5.08. The Morgan fingerprint density at radius 3 is 2.47 bits per heavy atom. The Kier molecular flexibility index (Phi) is 10.3. The second-order valence-electron chi connectivity index (χ2n) is 7.40.